The Morgan fingerprint density at radius 3 is 2.95 bits per heavy atom. The summed E-state index contributed by atoms with van der Waals surface area (Å²) < 4.78 is 19.5. The van der Waals surface area contributed by atoms with Crippen LogP contribution < -0.4 is 15.4 Å². The monoisotopic (exact) mass is 294 g/mol. The highest BCUT2D eigenvalue weighted by Crippen LogP contribution is 2.31. The maximum Gasteiger partial charge on any atom is 0.142 e. The highest BCUT2D eigenvalue weighted by molar-refractivity contribution is 5.59. The minimum absolute atomic E-state index is 0.163. The largest absolute Gasteiger partial charge is 0.491 e. The Balaban J connectivity index is 2.02. The molecular formula is C17H27FN2O. The molecule has 3 nitrogen and oxygen atoms in total. The lowest BCUT2D eigenvalue weighted by Gasteiger charge is -2.33. The summed E-state index contributed by atoms with van der Waals surface area (Å²) in [5.74, 6) is 1.23. The lowest BCUT2D eigenvalue weighted by Crippen LogP contribution is -2.43. The number of piperidine rings is 1. The number of hydrogen-bond donors (Lipinski definition) is 1. The van der Waals surface area contributed by atoms with Crippen LogP contribution in [0.2, 0.25) is 0 Å². The van der Waals surface area contributed by atoms with Crippen LogP contribution in [0.15, 0.2) is 18.2 Å². The van der Waals surface area contributed by atoms with Crippen LogP contribution in [0.4, 0.5) is 10.1 Å². The summed E-state index contributed by atoms with van der Waals surface area (Å²) >= 11 is 0. The molecule has 1 heterocycles. The van der Waals surface area contributed by atoms with Crippen molar-refractivity contribution in [2.24, 2.45) is 11.7 Å². The lowest BCUT2D eigenvalue weighted by molar-refractivity contribution is 0.297. The zero-order valence-corrected chi connectivity index (χ0v) is 13.1. The Hall–Kier alpha value is -1.29. The predicted molar refractivity (Wildman–Crippen MR) is 85.4 cm³/mol. The molecule has 2 rings (SSSR count). The van der Waals surface area contributed by atoms with Crippen molar-refractivity contribution in [3.8, 4) is 5.75 Å². The van der Waals surface area contributed by atoms with E-state index in [-0.39, 0.29) is 11.9 Å². The Bertz CT molecular complexity index is 450. The summed E-state index contributed by atoms with van der Waals surface area (Å²) in [5.41, 5.74) is 6.87. The van der Waals surface area contributed by atoms with Crippen molar-refractivity contribution in [1.29, 1.82) is 0 Å². The van der Waals surface area contributed by atoms with Crippen molar-refractivity contribution < 1.29 is 9.13 Å². The normalized spacial score (nSPS) is 19.1. The van der Waals surface area contributed by atoms with Crippen LogP contribution in [0.5, 0.6) is 5.75 Å². The van der Waals surface area contributed by atoms with Crippen molar-refractivity contribution in [1.82, 2.24) is 0 Å². The van der Waals surface area contributed by atoms with Gasteiger partial charge in [0.2, 0.25) is 0 Å². The smallest absolute Gasteiger partial charge is 0.142 e. The van der Waals surface area contributed by atoms with Crippen LogP contribution in [0.3, 0.4) is 0 Å². The summed E-state index contributed by atoms with van der Waals surface area (Å²) in [4.78, 5) is 2.15. The van der Waals surface area contributed by atoms with Crippen molar-refractivity contribution in [3.05, 3.63) is 24.0 Å². The van der Waals surface area contributed by atoms with Crippen molar-refractivity contribution in [2.45, 2.75) is 45.6 Å². The van der Waals surface area contributed by atoms with E-state index in [2.05, 4.69) is 18.7 Å². The summed E-state index contributed by atoms with van der Waals surface area (Å²) in [6, 6.07) is 4.93. The highest BCUT2D eigenvalue weighted by Gasteiger charge is 2.20. The van der Waals surface area contributed by atoms with Gasteiger partial charge in [0, 0.05) is 25.2 Å². The molecule has 1 aliphatic rings. The Labute approximate surface area is 127 Å². The standard InChI is InChI=1S/C17H27FN2O/c1-13(2)5-4-10-21-17-8-7-14(18)11-16(17)20-9-3-6-15(19)12-20/h7-8,11,13,15H,3-6,9-10,12,19H2,1-2H3. The van der Waals surface area contributed by atoms with Crippen LogP contribution in [-0.2, 0) is 0 Å². The first-order valence-electron chi connectivity index (χ1n) is 7.99. The molecule has 1 fully saturated rings. The van der Waals surface area contributed by atoms with Crippen LogP contribution in [-0.4, -0.2) is 25.7 Å². The first kappa shape index (κ1) is 16.1. The van der Waals surface area contributed by atoms with E-state index in [1.165, 1.54) is 6.07 Å². The minimum atomic E-state index is -0.223. The maximum absolute atomic E-state index is 13.6. The second-order valence-corrected chi connectivity index (χ2v) is 6.34. The van der Waals surface area contributed by atoms with E-state index in [4.69, 9.17) is 10.5 Å². The molecule has 1 unspecified atom stereocenters. The van der Waals surface area contributed by atoms with E-state index in [9.17, 15) is 4.39 Å². The molecule has 1 aromatic rings. The second kappa shape index (κ2) is 7.64. The molecule has 0 bridgehead atoms. The number of anilines is 1. The summed E-state index contributed by atoms with van der Waals surface area (Å²) in [5, 5.41) is 0. The molecule has 0 amide bonds. The van der Waals surface area contributed by atoms with Crippen LogP contribution in [0.25, 0.3) is 0 Å². The predicted octanol–water partition coefficient (Wildman–Crippen LogP) is 3.57. The minimum Gasteiger partial charge on any atom is -0.491 e. The van der Waals surface area contributed by atoms with Gasteiger partial charge in [0.1, 0.15) is 11.6 Å². The molecule has 1 saturated heterocycles. The van der Waals surface area contributed by atoms with Gasteiger partial charge in [-0.2, -0.15) is 0 Å². The van der Waals surface area contributed by atoms with Gasteiger partial charge in [0.05, 0.1) is 12.3 Å². The van der Waals surface area contributed by atoms with E-state index < -0.39 is 0 Å². The topological polar surface area (TPSA) is 38.5 Å². The molecule has 0 saturated carbocycles. The maximum atomic E-state index is 13.6. The summed E-state index contributed by atoms with van der Waals surface area (Å²) in [7, 11) is 0. The molecule has 4 heteroatoms. The number of benzene rings is 1. The number of halogens is 1. The fourth-order valence-corrected chi connectivity index (χ4v) is 2.76. The average molecular weight is 294 g/mol. The number of ether oxygens (including phenoxy) is 1. The van der Waals surface area contributed by atoms with E-state index in [0.717, 1.165) is 50.2 Å². The molecule has 21 heavy (non-hydrogen) atoms. The van der Waals surface area contributed by atoms with Gasteiger partial charge in [-0.3, -0.25) is 0 Å². The van der Waals surface area contributed by atoms with E-state index in [1.54, 1.807) is 12.1 Å². The van der Waals surface area contributed by atoms with Crippen molar-refractivity contribution in [3.63, 3.8) is 0 Å². The molecule has 0 aromatic heterocycles. The molecule has 1 aliphatic heterocycles. The fourth-order valence-electron chi connectivity index (χ4n) is 2.76. The Morgan fingerprint density at radius 1 is 1.43 bits per heavy atom. The molecule has 2 N–H and O–H groups in total. The van der Waals surface area contributed by atoms with Gasteiger partial charge in [-0.05, 0) is 43.7 Å². The van der Waals surface area contributed by atoms with Crippen LogP contribution >= 0.6 is 0 Å². The van der Waals surface area contributed by atoms with Gasteiger partial charge in [0.15, 0.2) is 0 Å². The molecule has 0 radical (unpaired) electrons. The third kappa shape index (κ3) is 4.88. The molecule has 0 aliphatic carbocycles. The fraction of sp³-hybridized carbons (Fsp3) is 0.647. The van der Waals surface area contributed by atoms with E-state index in [1.807, 2.05) is 0 Å². The highest BCUT2D eigenvalue weighted by atomic mass is 19.1. The van der Waals surface area contributed by atoms with E-state index >= 15 is 0 Å². The lowest BCUT2D eigenvalue weighted by atomic mass is 10.1. The SMILES string of the molecule is CC(C)CCCOc1ccc(F)cc1N1CCCC(N)C1. The van der Waals surface area contributed by atoms with E-state index in [0.29, 0.717) is 12.5 Å². The van der Waals surface area contributed by atoms with Gasteiger partial charge in [-0.25, -0.2) is 4.39 Å². The van der Waals surface area contributed by atoms with Gasteiger partial charge < -0.3 is 15.4 Å². The van der Waals surface area contributed by atoms with Gasteiger partial charge in [0.25, 0.3) is 0 Å². The number of nitrogens with zero attached hydrogens (tertiary/aromatic N) is 1. The zero-order chi connectivity index (χ0) is 15.2. The molecule has 1 aromatic carbocycles. The number of nitrogens with two attached hydrogens (primary N) is 1. The third-order valence-corrected chi connectivity index (χ3v) is 3.90. The first-order chi connectivity index (χ1) is 10.1. The van der Waals surface area contributed by atoms with Crippen molar-refractivity contribution >= 4 is 5.69 Å². The third-order valence-electron chi connectivity index (χ3n) is 3.90. The number of hydrogen-bond acceptors (Lipinski definition) is 3. The van der Waals surface area contributed by atoms with Gasteiger partial charge in [-0.15, -0.1) is 0 Å². The second-order valence-electron chi connectivity index (χ2n) is 6.34. The van der Waals surface area contributed by atoms with Crippen LogP contribution in [0.1, 0.15) is 39.5 Å². The molecule has 1 atom stereocenters. The summed E-state index contributed by atoms with van der Waals surface area (Å²) in [6.07, 6.45) is 4.25. The first-order valence-corrected chi connectivity index (χ1v) is 7.99. The quantitative estimate of drug-likeness (QED) is 0.815. The Kier molecular flexibility index (Phi) is 5.85. The van der Waals surface area contributed by atoms with Gasteiger partial charge >= 0.3 is 0 Å². The number of rotatable bonds is 6. The molecule has 118 valence electrons. The Morgan fingerprint density at radius 2 is 2.24 bits per heavy atom. The van der Waals surface area contributed by atoms with Crippen molar-refractivity contribution in [2.75, 3.05) is 24.6 Å². The molecule has 0 spiro atoms. The average Bonchev–Trinajstić information content (AvgIpc) is 2.44. The van der Waals surface area contributed by atoms with Crippen LogP contribution in [0, 0.1) is 11.7 Å². The summed E-state index contributed by atoms with van der Waals surface area (Å²) in [6.45, 7) is 6.78. The zero-order valence-electron chi connectivity index (χ0n) is 13.1. The van der Waals surface area contributed by atoms with Gasteiger partial charge in [-0.1, -0.05) is 13.8 Å². The molecular weight excluding hydrogens is 267 g/mol.